The lowest BCUT2D eigenvalue weighted by Crippen LogP contribution is -2.50. The summed E-state index contributed by atoms with van der Waals surface area (Å²) >= 11 is 0. The number of hydrogen-bond donors (Lipinski definition) is 4. The number of hydrogen-bond acceptors (Lipinski definition) is 6. The fourth-order valence-corrected chi connectivity index (χ4v) is 3.67. The molecule has 26 heavy (non-hydrogen) atoms. The lowest BCUT2D eigenvalue weighted by atomic mass is 9.62. The van der Waals surface area contributed by atoms with Gasteiger partial charge in [-0.05, 0) is 30.1 Å². The van der Waals surface area contributed by atoms with Gasteiger partial charge in [-0.25, -0.2) is 19.2 Å². The van der Waals surface area contributed by atoms with Gasteiger partial charge in [0.1, 0.15) is 0 Å². The number of carboxylic acids is 2. The Kier molecular flexibility index (Phi) is 7.22. The molecule has 0 aromatic carbocycles. The summed E-state index contributed by atoms with van der Waals surface area (Å²) in [5.74, 6) is -2.48. The fraction of sp³-hybridized carbons (Fsp3) is 0.750. The number of amides is 2. The highest BCUT2D eigenvalue weighted by Gasteiger charge is 2.42. The Hall–Kier alpha value is -2.52. The molecule has 10 heteroatoms. The second kappa shape index (κ2) is 8.72. The highest BCUT2D eigenvalue weighted by atomic mass is 16.6. The Balaban J connectivity index is 2.61. The zero-order valence-electron chi connectivity index (χ0n) is 15.2. The lowest BCUT2D eigenvalue weighted by molar-refractivity contribution is -0.141. The van der Waals surface area contributed by atoms with Crippen LogP contribution in [0.2, 0.25) is 0 Å². The molecule has 10 nitrogen and oxygen atoms in total. The minimum Gasteiger partial charge on any atom is -0.479 e. The molecule has 1 fully saturated rings. The monoisotopic (exact) mass is 374 g/mol. The number of carbonyl (C=O) groups is 4. The first-order chi connectivity index (χ1) is 11.9. The molecule has 4 N–H and O–H groups in total. The van der Waals surface area contributed by atoms with Crippen molar-refractivity contribution in [2.75, 3.05) is 19.8 Å². The number of ether oxygens (including phenoxy) is 2. The number of carboxylic acid groups (broad SMARTS) is 2. The van der Waals surface area contributed by atoms with E-state index < -0.39 is 37.3 Å². The third-order valence-corrected chi connectivity index (χ3v) is 4.08. The van der Waals surface area contributed by atoms with E-state index in [-0.39, 0.29) is 23.4 Å². The summed E-state index contributed by atoms with van der Waals surface area (Å²) in [6.07, 6.45) is 0.363. The summed E-state index contributed by atoms with van der Waals surface area (Å²) in [7, 11) is 0. The van der Waals surface area contributed by atoms with E-state index in [1.807, 2.05) is 20.8 Å². The molecule has 2 unspecified atom stereocenters. The Bertz CT molecular complexity index is 562. The Labute approximate surface area is 151 Å². The Morgan fingerprint density at radius 3 is 2.04 bits per heavy atom. The average molecular weight is 374 g/mol. The van der Waals surface area contributed by atoms with Crippen LogP contribution in [0.4, 0.5) is 9.59 Å². The molecule has 1 rings (SSSR count). The first kappa shape index (κ1) is 21.5. The molecule has 148 valence electrons. The van der Waals surface area contributed by atoms with E-state index in [1.54, 1.807) is 0 Å². The van der Waals surface area contributed by atoms with Crippen molar-refractivity contribution in [2.45, 2.75) is 46.1 Å². The first-order valence-electron chi connectivity index (χ1n) is 8.18. The topological polar surface area (TPSA) is 151 Å². The van der Waals surface area contributed by atoms with E-state index in [4.69, 9.17) is 10.2 Å². The highest BCUT2D eigenvalue weighted by Crippen LogP contribution is 2.45. The van der Waals surface area contributed by atoms with Crippen LogP contribution < -0.4 is 10.6 Å². The Morgan fingerprint density at radius 2 is 1.50 bits per heavy atom. The third kappa shape index (κ3) is 8.04. The number of aliphatic carboxylic acids is 2. The fourth-order valence-electron chi connectivity index (χ4n) is 3.67. The molecule has 1 aliphatic carbocycles. The molecular weight excluding hydrogens is 348 g/mol. The number of alkyl carbamates (subject to hydrolysis) is 2. The summed E-state index contributed by atoms with van der Waals surface area (Å²) in [6, 6.07) is -0.248. The van der Waals surface area contributed by atoms with Gasteiger partial charge in [0.05, 0.1) is 0 Å². The van der Waals surface area contributed by atoms with Crippen LogP contribution in [0.5, 0.6) is 0 Å². The molecule has 0 saturated heterocycles. The van der Waals surface area contributed by atoms with Gasteiger partial charge >= 0.3 is 24.1 Å². The second-order valence-corrected chi connectivity index (χ2v) is 7.69. The van der Waals surface area contributed by atoms with Gasteiger partial charge in [0.25, 0.3) is 0 Å². The summed E-state index contributed by atoms with van der Waals surface area (Å²) < 4.78 is 9.14. The third-order valence-electron chi connectivity index (χ3n) is 4.08. The maximum absolute atomic E-state index is 11.7. The van der Waals surface area contributed by atoms with Crippen molar-refractivity contribution in [1.82, 2.24) is 10.6 Å². The van der Waals surface area contributed by atoms with Crippen LogP contribution in [-0.2, 0) is 19.1 Å². The van der Waals surface area contributed by atoms with Crippen LogP contribution in [0.25, 0.3) is 0 Å². The van der Waals surface area contributed by atoms with Crippen LogP contribution in [0.1, 0.15) is 40.0 Å². The van der Waals surface area contributed by atoms with Crippen LogP contribution in [0.3, 0.4) is 0 Å². The van der Waals surface area contributed by atoms with Crippen LogP contribution >= 0.6 is 0 Å². The molecule has 0 aromatic heterocycles. The highest BCUT2D eigenvalue weighted by molar-refractivity contribution is 5.74. The second-order valence-electron chi connectivity index (χ2n) is 7.69. The summed E-state index contributed by atoms with van der Waals surface area (Å²) in [4.78, 5) is 44.1. The molecule has 1 aliphatic rings. The number of carbonyl (C=O) groups excluding carboxylic acids is 2. The Morgan fingerprint density at radius 1 is 0.962 bits per heavy atom. The van der Waals surface area contributed by atoms with E-state index in [0.717, 1.165) is 6.42 Å². The van der Waals surface area contributed by atoms with Gasteiger partial charge in [0.15, 0.2) is 13.2 Å². The number of nitrogens with one attached hydrogen (secondary N) is 2. The van der Waals surface area contributed by atoms with E-state index in [0.29, 0.717) is 12.8 Å². The van der Waals surface area contributed by atoms with E-state index in [9.17, 15) is 19.2 Å². The minimum absolute atomic E-state index is 0.135. The van der Waals surface area contributed by atoms with E-state index in [2.05, 4.69) is 20.1 Å². The van der Waals surface area contributed by atoms with E-state index >= 15 is 0 Å². The van der Waals surface area contributed by atoms with Gasteiger partial charge in [0, 0.05) is 12.6 Å². The van der Waals surface area contributed by atoms with Gasteiger partial charge in [0.2, 0.25) is 0 Å². The lowest BCUT2D eigenvalue weighted by Gasteiger charge is -2.46. The predicted molar refractivity (Wildman–Crippen MR) is 88.6 cm³/mol. The zero-order chi connectivity index (χ0) is 20.0. The van der Waals surface area contributed by atoms with Crippen molar-refractivity contribution in [3.05, 3.63) is 0 Å². The van der Waals surface area contributed by atoms with Crippen molar-refractivity contribution in [3.63, 3.8) is 0 Å². The molecule has 0 aliphatic heterocycles. The quantitative estimate of drug-likeness (QED) is 0.519. The van der Waals surface area contributed by atoms with Gasteiger partial charge in [-0.1, -0.05) is 20.8 Å². The maximum Gasteiger partial charge on any atom is 0.407 e. The molecule has 0 bridgehead atoms. The molecular formula is C16H26N2O8. The van der Waals surface area contributed by atoms with Crippen molar-refractivity contribution < 1.29 is 38.9 Å². The molecule has 2 amide bonds. The zero-order valence-corrected chi connectivity index (χ0v) is 15.2. The van der Waals surface area contributed by atoms with Crippen LogP contribution in [0.15, 0.2) is 0 Å². The molecule has 0 heterocycles. The standard InChI is InChI=1S/C16H26N2O8/c1-15(2)4-10(18-14(24)26-7-12(21)22)5-16(3,8-15)9-17-13(23)25-6-11(19)20/h10H,4-9H2,1-3H3,(H,17,23)(H,18,24)(H,19,20)(H,21,22). The largest absolute Gasteiger partial charge is 0.479 e. The molecule has 0 aromatic rings. The summed E-state index contributed by atoms with van der Waals surface area (Å²) in [6.45, 7) is 4.83. The first-order valence-corrected chi connectivity index (χ1v) is 8.18. The minimum atomic E-state index is -1.24. The van der Waals surface area contributed by atoms with Gasteiger partial charge in [-0.2, -0.15) is 0 Å². The summed E-state index contributed by atoms with van der Waals surface area (Å²) in [5.41, 5.74) is -0.501. The molecule has 0 radical (unpaired) electrons. The smallest absolute Gasteiger partial charge is 0.407 e. The van der Waals surface area contributed by atoms with Gasteiger partial charge in [-0.3, -0.25) is 0 Å². The van der Waals surface area contributed by atoms with Crippen LogP contribution in [0, 0.1) is 10.8 Å². The molecule has 2 atom stereocenters. The van der Waals surface area contributed by atoms with E-state index in [1.165, 1.54) is 0 Å². The summed E-state index contributed by atoms with van der Waals surface area (Å²) in [5, 5.41) is 22.3. The van der Waals surface area contributed by atoms with Gasteiger partial charge < -0.3 is 30.3 Å². The number of rotatable bonds is 7. The SMILES string of the molecule is CC1(C)CC(NC(=O)OCC(=O)O)CC(C)(CNC(=O)OCC(=O)O)C1. The van der Waals surface area contributed by atoms with Crippen LogP contribution in [-0.4, -0.2) is 60.1 Å². The van der Waals surface area contributed by atoms with Crippen molar-refractivity contribution in [2.24, 2.45) is 10.8 Å². The maximum atomic E-state index is 11.7. The molecule has 1 saturated carbocycles. The van der Waals surface area contributed by atoms with Crippen molar-refractivity contribution >= 4 is 24.1 Å². The predicted octanol–water partition coefficient (Wildman–Crippen LogP) is 1.19. The van der Waals surface area contributed by atoms with Gasteiger partial charge in [-0.15, -0.1) is 0 Å². The van der Waals surface area contributed by atoms with Crippen molar-refractivity contribution in [1.29, 1.82) is 0 Å². The normalized spacial score (nSPS) is 24.2. The molecule has 0 spiro atoms. The van der Waals surface area contributed by atoms with Crippen molar-refractivity contribution in [3.8, 4) is 0 Å². The average Bonchev–Trinajstić information content (AvgIpc) is 2.47.